The smallest absolute Gasteiger partial charge is 0.410 e. The summed E-state index contributed by atoms with van der Waals surface area (Å²) in [6, 6.07) is 15.4. The van der Waals surface area contributed by atoms with Crippen molar-refractivity contribution in [3.63, 3.8) is 0 Å². The molecule has 2 aromatic carbocycles. The molecule has 348 valence electrons. The molecule has 6 atom stereocenters. The summed E-state index contributed by atoms with van der Waals surface area (Å²) in [5, 5.41) is 24.8. The Kier molecular flexibility index (Phi) is 21.6. The first-order chi connectivity index (χ1) is 31.0. The number of carbonyl (C=O) groups excluding carboxylic acids is 1. The van der Waals surface area contributed by atoms with Crippen molar-refractivity contribution in [3.05, 3.63) is 96.6 Å². The van der Waals surface area contributed by atoms with Crippen LogP contribution in [0.3, 0.4) is 0 Å². The third kappa shape index (κ3) is 13.7. The second kappa shape index (κ2) is 27.3. The molecule has 10 heteroatoms. The number of aliphatic hydroxyl groups is 2. The molecule has 1 aliphatic heterocycles. The van der Waals surface area contributed by atoms with E-state index in [0.29, 0.717) is 57.8 Å². The van der Waals surface area contributed by atoms with Crippen LogP contribution in [0.4, 0.5) is 4.79 Å². The Bertz CT molecular complexity index is 1730. The summed E-state index contributed by atoms with van der Waals surface area (Å²) in [6.45, 7) is 14.1. The average molecular weight is 871 g/mol. The van der Waals surface area contributed by atoms with Crippen molar-refractivity contribution in [2.75, 3.05) is 39.6 Å². The van der Waals surface area contributed by atoms with Crippen molar-refractivity contribution < 1.29 is 38.8 Å². The van der Waals surface area contributed by atoms with Crippen LogP contribution < -0.4 is 9.47 Å². The highest BCUT2D eigenvalue weighted by Gasteiger charge is 2.65. The number of hydrogen-bond acceptors (Lipinski definition) is 9. The van der Waals surface area contributed by atoms with Crippen LogP contribution in [0, 0.1) is 17.8 Å². The van der Waals surface area contributed by atoms with E-state index in [1.165, 1.54) is 44.9 Å². The Balaban J connectivity index is 1.57. The maximum Gasteiger partial charge on any atom is 0.410 e. The van der Waals surface area contributed by atoms with Crippen molar-refractivity contribution in [3.8, 4) is 11.5 Å². The highest BCUT2D eigenvalue weighted by atomic mass is 16.7. The van der Waals surface area contributed by atoms with E-state index in [4.69, 9.17) is 28.9 Å². The van der Waals surface area contributed by atoms with Gasteiger partial charge in [-0.3, -0.25) is 4.90 Å². The minimum absolute atomic E-state index is 0.112. The van der Waals surface area contributed by atoms with Gasteiger partial charge in [-0.05, 0) is 79.7 Å². The van der Waals surface area contributed by atoms with Gasteiger partial charge in [0, 0.05) is 37.7 Å². The number of ether oxygens (including phenoxy) is 4. The predicted molar refractivity (Wildman–Crippen MR) is 252 cm³/mol. The first-order valence-corrected chi connectivity index (χ1v) is 24.4. The number of oxime groups is 1. The Hall–Kier alpha value is -4.12. The van der Waals surface area contributed by atoms with Gasteiger partial charge in [0.25, 0.3) is 0 Å². The van der Waals surface area contributed by atoms with Crippen molar-refractivity contribution in [1.82, 2.24) is 4.90 Å². The number of unbranched alkanes of at least 4 members (excludes halogenated alkanes) is 11. The van der Waals surface area contributed by atoms with Crippen molar-refractivity contribution in [2.24, 2.45) is 22.9 Å². The quantitative estimate of drug-likeness (QED) is 0.0437. The summed E-state index contributed by atoms with van der Waals surface area (Å²) >= 11 is 0. The molecule has 10 nitrogen and oxygen atoms in total. The molecule has 0 aromatic heterocycles. The van der Waals surface area contributed by atoms with E-state index in [2.05, 4.69) is 39.1 Å². The standard InChI is InChI=1S/C53H78N2O8/c1-5-9-10-11-12-13-14-15-16-24-36-60-52(58)55(31-6-2)49-39-47(54-62-40-41-25-18-17-19-26-41)45-37-42(27-20-22-32-56)44(28-21-23-33-57)50-46-38-43(59-34-7-3)29-30-48(46)63-53(49,51(45)50)61-35-8-4/h7-8,17-19,25-26,29-30,37-38,42,44,49-51,56-57H,3-6,9-16,20-24,27-28,31-36,39-40H2,1-2H3. The molecular formula is C53H78N2O8. The second-order valence-corrected chi connectivity index (χ2v) is 17.6. The summed E-state index contributed by atoms with van der Waals surface area (Å²) in [5.74, 6) is -0.237. The molecule has 3 aliphatic rings. The first-order valence-electron chi connectivity index (χ1n) is 24.4. The third-order valence-electron chi connectivity index (χ3n) is 13.1. The van der Waals surface area contributed by atoms with E-state index in [9.17, 15) is 15.0 Å². The van der Waals surface area contributed by atoms with Gasteiger partial charge in [-0.15, -0.1) is 6.58 Å². The number of benzene rings is 2. The lowest BCUT2D eigenvalue weighted by atomic mass is 9.55. The summed E-state index contributed by atoms with van der Waals surface area (Å²) in [6.07, 6.45) is 23.3. The highest BCUT2D eigenvalue weighted by Crippen LogP contribution is 2.62. The Morgan fingerprint density at radius 3 is 2.24 bits per heavy atom. The molecule has 5 rings (SSSR count). The Labute approximate surface area is 378 Å². The molecule has 2 N–H and O–H groups in total. The van der Waals surface area contributed by atoms with E-state index in [-0.39, 0.29) is 43.7 Å². The SMILES string of the molecule is C=CCOc1ccc2c(c1)C1C(CCCCO)C(CCCCO)C=C3C(=NOCc4ccccc4)CC(N(CCC)C(=O)OCCCCCCCCCCCC)C(OCC=C)(O2)C31. The topological polar surface area (TPSA) is 119 Å². The number of allylic oxidation sites excluding steroid dienone is 1. The number of aliphatic hydroxyl groups excluding tert-OH is 2. The summed E-state index contributed by atoms with van der Waals surface area (Å²) in [4.78, 5) is 22.6. The molecule has 2 aromatic rings. The van der Waals surface area contributed by atoms with Crippen LogP contribution in [0.25, 0.3) is 0 Å². The molecule has 1 saturated carbocycles. The zero-order valence-corrected chi connectivity index (χ0v) is 38.6. The summed E-state index contributed by atoms with van der Waals surface area (Å²) in [7, 11) is 0. The molecule has 0 saturated heterocycles. The van der Waals surface area contributed by atoms with Gasteiger partial charge in [-0.1, -0.05) is 145 Å². The van der Waals surface area contributed by atoms with Gasteiger partial charge in [0.15, 0.2) is 0 Å². The number of amides is 1. The van der Waals surface area contributed by atoms with Crippen LogP contribution in [0.2, 0.25) is 0 Å². The minimum atomic E-state index is -1.34. The van der Waals surface area contributed by atoms with E-state index in [1.54, 1.807) is 12.2 Å². The average Bonchev–Trinajstić information content (AvgIpc) is 3.30. The number of carbonyl (C=O) groups is 1. The van der Waals surface area contributed by atoms with Gasteiger partial charge in [0.2, 0.25) is 5.79 Å². The second-order valence-electron chi connectivity index (χ2n) is 17.6. The van der Waals surface area contributed by atoms with E-state index >= 15 is 0 Å². The lowest BCUT2D eigenvalue weighted by Gasteiger charge is -2.59. The third-order valence-corrected chi connectivity index (χ3v) is 13.1. The monoisotopic (exact) mass is 871 g/mol. The fourth-order valence-electron chi connectivity index (χ4n) is 10.1. The number of fused-ring (bicyclic) bond motifs is 2. The molecule has 63 heavy (non-hydrogen) atoms. The number of nitrogens with zero attached hydrogens (tertiary/aromatic N) is 2. The van der Waals surface area contributed by atoms with Crippen LogP contribution in [0.1, 0.15) is 146 Å². The molecular weight excluding hydrogens is 793 g/mol. The van der Waals surface area contributed by atoms with E-state index in [1.807, 2.05) is 47.4 Å². The van der Waals surface area contributed by atoms with Gasteiger partial charge in [-0.25, -0.2) is 4.79 Å². The predicted octanol–water partition coefficient (Wildman–Crippen LogP) is 11.9. The Morgan fingerprint density at radius 2 is 1.56 bits per heavy atom. The molecule has 2 aliphatic carbocycles. The highest BCUT2D eigenvalue weighted by molar-refractivity contribution is 6.03. The Morgan fingerprint density at radius 1 is 0.857 bits per heavy atom. The largest absolute Gasteiger partial charge is 0.490 e. The molecule has 1 fully saturated rings. The van der Waals surface area contributed by atoms with Crippen LogP contribution in [-0.4, -0.2) is 78.3 Å². The lowest BCUT2D eigenvalue weighted by Crippen LogP contribution is -2.70. The maximum atomic E-state index is 14.6. The van der Waals surface area contributed by atoms with Crippen molar-refractivity contribution >= 4 is 11.8 Å². The van der Waals surface area contributed by atoms with Crippen LogP contribution in [-0.2, 0) is 20.9 Å². The summed E-state index contributed by atoms with van der Waals surface area (Å²) in [5.41, 5.74) is 3.78. The van der Waals surface area contributed by atoms with E-state index < -0.39 is 17.7 Å². The normalized spacial score (nSPS) is 22.9. The minimum Gasteiger partial charge on any atom is -0.490 e. The fourth-order valence-corrected chi connectivity index (χ4v) is 10.1. The molecule has 0 spiro atoms. The van der Waals surface area contributed by atoms with Gasteiger partial charge in [0.05, 0.1) is 24.8 Å². The lowest BCUT2D eigenvalue weighted by molar-refractivity contribution is -0.255. The van der Waals surface area contributed by atoms with E-state index in [0.717, 1.165) is 73.1 Å². The van der Waals surface area contributed by atoms with Crippen LogP contribution in [0.5, 0.6) is 11.5 Å². The van der Waals surface area contributed by atoms with Gasteiger partial charge >= 0.3 is 6.09 Å². The van der Waals surface area contributed by atoms with Gasteiger partial charge < -0.3 is 34.0 Å². The van der Waals surface area contributed by atoms with Crippen molar-refractivity contribution in [1.29, 1.82) is 0 Å². The zero-order chi connectivity index (χ0) is 44.7. The van der Waals surface area contributed by atoms with Crippen LogP contribution >= 0.6 is 0 Å². The number of hydrogen-bond donors (Lipinski definition) is 2. The molecule has 1 amide bonds. The first kappa shape index (κ1) is 49.9. The maximum absolute atomic E-state index is 14.6. The van der Waals surface area contributed by atoms with Gasteiger partial charge in [0.1, 0.15) is 30.8 Å². The summed E-state index contributed by atoms with van der Waals surface area (Å²) < 4.78 is 26.8. The molecule has 0 bridgehead atoms. The van der Waals surface area contributed by atoms with Crippen LogP contribution in [0.15, 0.2) is 90.6 Å². The fraction of sp³-hybridized carbons (Fsp3) is 0.623. The number of rotatable bonds is 31. The van der Waals surface area contributed by atoms with Gasteiger partial charge in [-0.2, -0.15) is 0 Å². The molecule has 1 heterocycles. The van der Waals surface area contributed by atoms with Crippen molar-refractivity contribution in [2.45, 2.75) is 154 Å². The molecule has 6 unspecified atom stereocenters. The molecule has 0 radical (unpaired) electrons. The zero-order valence-electron chi connectivity index (χ0n) is 38.6.